The number of rotatable bonds is 3. The van der Waals surface area contributed by atoms with Gasteiger partial charge in [0.2, 0.25) is 0 Å². The molecule has 5 nitrogen and oxygen atoms in total. The molecule has 0 fully saturated rings. The van der Waals surface area contributed by atoms with Gasteiger partial charge in [-0.3, -0.25) is 14.4 Å². The quantitative estimate of drug-likeness (QED) is 0.458. The summed E-state index contributed by atoms with van der Waals surface area (Å²) in [4.78, 5) is 38.8. The van der Waals surface area contributed by atoms with Gasteiger partial charge in [-0.2, -0.15) is 13.2 Å². The fraction of sp³-hybridized carbons (Fsp3) is 0.0870. The van der Waals surface area contributed by atoms with Gasteiger partial charge in [-0.05, 0) is 55.0 Å². The number of carbonyl (C=O) groups excluding carboxylic acids is 3. The van der Waals surface area contributed by atoms with Crippen molar-refractivity contribution in [2.24, 2.45) is 0 Å². The third-order valence-electron chi connectivity index (χ3n) is 4.92. The second-order valence-electron chi connectivity index (χ2n) is 7.02. The Kier molecular flexibility index (Phi) is 5.26. The minimum atomic E-state index is -4.56. The lowest BCUT2D eigenvalue weighted by molar-refractivity contribution is -0.137. The normalized spacial score (nSPS) is 13.3. The molecule has 0 N–H and O–H groups in total. The van der Waals surface area contributed by atoms with Crippen LogP contribution in [-0.4, -0.2) is 22.6 Å². The van der Waals surface area contributed by atoms with Crippen LogP contribution in [0.15, 0.2) is 60.7 Å². The first-order valence-corrected chi connectivity index (χ1v) is 9.63. The van der Waals surface area contributed by atoms with Crippen LogP contribution < -0.4 is 4.74 Å². The van der Waals surface area contributed by atoms with E-state index in [1.165, 1.54) is 30.3 Å². The Hall–Kier alpha value is -3.65. The fourth-order valence-corrected chi connectivity index (χ4v) is 3.50. The Balaban J connectivity index is 1.64. The lowest BCUT2D eigenvalue weighted by Crippen LogP contribution is -2.36. The van der Waals surface area contributed by atoms with Crippen molar-refractivity contribution in [1.82, 2.24) is 4.90 Å². The number of aryl methyl sites for hydroxylation is 1. The zero-order chi connectivity index (χ0) is 23.2. The summed E-state index contributed by atoms with van der Waals surface area (Å²) in [6.45, 7) is 1.61. The number of alkyl halides is 3. The third-order valence-corrected chi connectivity index (χ3v) is 5.22. The Morgan fingerprint density at radius 2 is 1.56 bits per heavy atom. The summed E-state index contributed by atoms with van der Waals surface area (Å²) in [5.74, 6) is -2.25. The van der Waals surface area contributed by atoms with Gasteiger partial charge in [-0.15, -0.1) is 0 Å². The summed E-state index contributed by atoms with van der Waals surface area (Å²) in [6, 6.07) is 13.0. The van der Waals surface area contributed by atoms with Crippen LogP contribution in [0.5, 0.6) is 11.5 Å². The molecule has 4 rings (SSSR count). The van der Waals surface area contributed by atoms with Gasteiger partial charge in [0.05, 0.1) is 21.7 Å². The number of benzene rings is 3. The van der Waals surface area contributed by atoms with Gasteiger partial charge in [0.15, 0.2) is 0 Å². The number of hydrogen-bond acceptors (Lipinski definition) is 4. The number of halogens is 4. The molecular formula is C23H13ClF3NO4. The average molecular weight is 460 g/mol. The fourth-order valence-electron chi connectivity index (χ4n) is 3.28. The first-order valence-electron chi connectivity index (χ1n) is 9.25. The topological polar surface area (TPSA) is 63.7 Å². The summed E-state index contributed by atoms with van der Waals surface area (Å²) in [6.07, 6.45) is -4.56. The standard InChI is InChI=1S/C23H13ClF3NO4/c1-12-6-8-14(32-19-9-7-13(10-18(19)24)23(25,26)27)11-17(12)22(31)28-20(29)15-4-2-3-5-16(15)21(28)30/h2-11H,1H3. The average Bonchev–Trinajstić information content (AvgIpc) is 3.00. The number of amides is 3. The molecule has 1 aliphatic rings. The number of nitrogens with zero attached hydrogens (tertiary/aromatic N) is 1. The molecular weight excluding hydrogens is 447 g/mol. The van der Waals surface area contributed by atoms with Crippen LogP contribution in [0, 0.1) is 6.92 Å². The molecule has 1 heterocycles. The van der Waals surface area contributed by atoms with E-state index in [0.29, 0.717) is 10.5 Å². The van der Waals surface area contributed by atoms with Crippen molar-refractivity contribution in [3.8, 4) is 11.5 Å². The molecule has 0 saturated heterocycles. The van der Waals surface area contributed by atoms with Crippen molar-refractivity contribution >= 4 is 29.3 Å². The van der Waals surface area contributed by atoms with E-state index in [0.717, 1.165) is 18.2 Å². The minimum Gasteiger partial charge on any atom is -0.456 e. The van der Waals surface area contributed by atoms with Gasteiger partial charge in [-0.25, -0.2) is 4.90 Å². The van der Waals surface area contributed by atoms with Crippen LogP contribution >= 0.6 is 11.6 Å². The van der Waals surface area contributed by atoms with Crippen molar-refractivity contribution in [2.45, 2.75) is 13.1 Å². The van der Waals surface area contributed by atoms with Gasteiger partial charge in [-0.1, -0.05) is 29.8 Å². The third kappa shape index (κ3) is 3.73. The highest BCUT2D eigenvalue weighted by Crippen LogP contribution is 2.37. The predicted octanol–water partition coefficient (Wildman–Crippen LogP) is 5.90. The number of imide groups is 3. The van der Waals surface area contributed by atoms with E-state index in [4.69, 9.17) is 16.3 Å². The van der Waals surface area contributed by atoms with E-state index in [9.17, 15) is 27.6 Å². The Morgan fingerprint density at radius 1 is 0.938 bits per heavy atom. The Bertz CT molecular complexity index is 1250. The summed E-state index contributed by atoms with van der Waals surface area (Å²) < 4.78 is 44.0. The molecule has 0 atom stereocenters. The molecule has 0 spiro atoms. The monoisotopic (exact) mass is 459 g/mol. The van der Waals surface area contributed by atoms with Crippen molar-refractivity contribution in [3.05, 3.63) is 93.5 Å². The maximum absolute atomic E-state index is 13.1. The van der Waals surface area contributed by atoms with Crippen molar-refractivity contribution in [1.29, 1.82) is 0 Å². The second-order valence-corrected chi connectivity index (χ2v) is 7.43. The van der Waals surface area contributed by atoms with Crippen LogP contribution in [0.2, 0.25) is 5.02 Å². The summed E-state index contributed by atoms with van der Waals surface area (Å²) in [5, 5.41) is -0.270. The molecule has 0 radical (unpaired) electrons. The molecule has 1 aliphatic heterocycles. The summed E-state index contributed by atoms with van der Waals surface area (Å²) in [5.41, 5.74) is -0.169. The molecule has 32 heavy (non-hydrogen) atoms. The molecule has 3 aromatic carbocycles. The lowest BCUT2D eigenvalue weighted by Gasteiger charge is -2.15. The molecule has 0 bridgehead atoms. The summed E-state index contributed by atoms with van der Waals surface area (Å²) in [7, 11) is 0. The smallest absolute Gasteiger partial charge is 0.416 e. The lowest BCUT2D eigenvalue weighted by atomic mass is 10.1. The largest absolute Gasteiger partial charge is 0.456 e. The van der Waals surface area contributed by atoms with Crippen LogP contribution in [0.25, 0.3) is 0 Å². The van der Waals surface area contributed by atoms with Crippen LogP contribution in [-0.2, 0) is 6.18 Å². The predicted molar refractivity (Wildman–Crippen MR) is 109 cm³/mol. The number of hydrogen-bond donors (Lipinski definition) is 0. The van der Waals surface area contributed by atoms with Crippen molar-refractivity contribution < 1.29 is 32.3 Å². The van der Waals surface area contributed by atoms with E-state index in [1.54, 1.807) is 19.1 Å². The van der Waals surface area contributed by atoms with E-state index >= 15 is 0 Å². The minimum absolute atomic E-state index is 0.0278. The maximum atomic E-state index is 13.1. The molecule has 0 aromatic heterocycles. The molecule has 0 saturated carbocycles. The van der Waals surface area contributed by atoms with Gasteiger partial charge in [0, 0.05) is 5.56 Å². The van der Waals surface area contributed by atoms with Crippen molar-refractivity contribution in [3.63, 3.8) is 0 Å². The van der Waals surface area contributed by atoms with E-state index < -0.39 is 29.5 Å². The number of ether oxygens (including phenoxy) is 1. The van der Waals surface area contributed by atoms with Gasteiger partial charge in [0.1, 0.15) is 11.5 Å². The number of fused-ring (bicyclic) bond motifs is 1. The van der Waals surface area contributed by atoms with Crippen LogP contribution in [0.4, 0.5) is 13.2 Å². The molecule has 0 unspecified atom stereocenters. The maximum Gasteiger partial charge on any atom is 0.416 e. The highest BCUT2D eigenvalue weighted by Gasteiger charge is 2.40. The van der Waals surface area contributed by atoms with Gasteiger partial charge < -0.3 is 4.74 Å². The highest BCUT2D eigenvalue weighted by atomic mass is 35.5. The zero-order valence-corrected chi connectivity index (χ0v) is 17.1. The van der Waals surface area contributed by atoms with E-state index in [2.05, 4.69) is 0 Å². The van der Waals surface area contributed by atoms with Crippen molar-refractivity contribution in [2.75, 3.05) is 0 Å². The molecule has 3 aromatic rings. The Labute approximate surface area is 185 Å². The number of carbonyl (C=O) groups is 3. The molecule has 3 amide bonds. The van der Waals surface area contributed by atoms with E-state index in [-0.39, 0.29) is 33.2 Å². The molecule has 162 valence electrons. The van der Waals surface area contributed by atoms with Crippen LogP contribution in [0.3, 0.4) is 0 Å². The van der Waals surface area contributed by atoms with Crippen LogP contribution in [0.1, 0.15) is 42.2 Å². The first kappa shape index (κ1) is 21.6. The summed E-state index contributed by atoms with van der Waals surface area (Å²) >= 11 is 5.92. The molecule has 9 heteroatoms. The second kappa shape index (κ2) is 7.80. The first-order chi connectivity index (χ1) is 15.1. The Morgan fingerprint density at radius 3 is 2.12 bits per heavy atom. The zero-order valence-electron chi connectivity index (χ0n) is 16.4. The van der Waals surface area contributed by atoms with Gasteiger partial charge in [0.25, 0.3) is 17.7 Å². The SMILES string of the molecule is Cc1ccc(Oc2ccc(C(F)(F)F)cc2Cl)cc1C(=O)N1C(=O)c2ccccc2C1=O. The van der Waals surface area contributed by atoms with Gasteiger partial charge >= 0.3 is 6.18 Å². The van der Waals surface area contributed by atoms with E-state index in [1.807, 2.05) is 0 Å². The molecule has 0 aliphatic carbocycles. The highest BCUT2D eigenvalue weighted by molar-refractivity contribution is 6.32.